The number of benzene rings is 4. The van der Waals surface area contributed by atoms with Gasteiger partial charge < -0.3 is 15.0 Å². The van der Waals surface area contributed by atoms with E-state index in [1.54, 1.807) is 36.4 Å². The predicted octanol–water partition coefficient (Wildman–Crippen LogP) is 7.94. The molecule has 1 aliphatic rings. The third kappa shape index (κ3) is 9.48. The van der Waals surface area contributed by atoms with Gasteiger partial charge in [0.15, 0.2) is 0 Å². The Morgan fingerprint density at radius 1 is 0.837 bits per heavy atom. The highest BCUT2D eigenvalue weighted by Gasteiger charge is 2.35. The minimum Gasteiger partial charge on any atom is -0.497 e. The molecule has 1 fully saturated rings. The number of sulfonamides is 1. The van der Waals surface area contributed by atoms with E-state index in [0.717, 1.165) is 42.0 Å². The molecule has 258 valence electrons. The molecule has 8 nitrogen and oxygen atoms in total. The van der Waals surface area contributed by atoms with E-state index in [1.165, 1.54) is 42.3 Å². The van der Waals surface area contributed by atoms with E-state index in [2.05, 4.69) is 5.32 Å². The zero-order chi connectivity index (χ0) is 35.0. The van der Waals surface area contributed by atoms with Gasteiger partial charge in [-0.3, -0.25) is 13.9 Å². The molecule has 0 spiro atoms. The molecular formula is C37H38Cl3N3O5S. The Morgan fingerprint density at radius 2 is 1.55 bits per heavy atom. The molecule has 2 amide bonds. The molecule has 0 unspecified atom stereocenters. The number of methoxy groups -OCH3 is 1. The number of ether oxygens (including phenoxy) is 1. The lowest BCUT2D eigenvalue weighted by Crippen LogP contribution is -2.55. The Balaban J connectivity index is 1.57. The van der Waals surface area contributed by atoms with Crippen molar-refractivity contribution < 1.29 is 22.7 Å². The number of hydrogen-bond donors (Lipinski definition) is 1. The van der Waals surface area contributed by atoms with Crippen molar-refractivity contribution in [1.82, 2.24) is 10.2 Å². The highest BCUT2D eigenvalue weighted by atomic mass is 35.5. The van der Waals surface area contributed by atoms with E-state index in [4.69, 9.17) is 39.5 Å². The maximum atomic E-state index is 14.7. The van der Waals surface area contributed by atoms with E-state index in [0.29, 0.717) is 26.4 Å². The van der Waals surface area contributed by atoms with Crippen molar-refractivity contribution >= 4 is 62.3 Å². The van der Waals surface area contributed by atoms with Gasteiger partial charge in [-0.2, -0.15) is 0 Å². The van der Waals surface area contributed by atoms with Crippen molar-refractivity contribution in [3.8, 4) is 5.75 Å². The first kappa shape index (κ1) is 36.5. The number of hydrogen-bond acceptors (Lipinski definition) is 5. The zero-order valence-electron chi connectivity index (χ0n) is 27.0. The van der Waals surface area contributed by atoms with Crippen LogP contribution in [-0.4, -0.2) is 50.9 Å². The number of rotatable bonds is 13. The molecule has 5 rings (SSSR count). The van der Waals surface area contributed by atoms with Crippen molar-refractivity contribution in [2.75, 3.05) is 18.0 Å². The Bertz CT molecular complexity index is 1850. The Morgan fingerprint density at radius 3 is 2.20 bits per heavy atom. The summed E-state index contributed by atoms with van der Waals surface area (Å²) in [5.41, 5.74) is 1.66. The van der Waals surface area contributed by atoms with Crippen molar-refractivity contribution in [2.24, 2.45) is 0 Å². The van der Waals surface area contributed by atoms with Gasteiger partial charge in [0.2, 0.25) is 11.8 Å². The molecule has 1 atom stereocenters. The van der Waals surface area contributed by atoms with Crippen LogP contribution in [0.1, 0.15) is 43.2 Å². The van der Waals surface area contributed by atoms with E-state index in [-0.39, 0.29) is 35.5 Å². The van der Waals surface area contributed by atoms with Crippen LogP contribution in [0.2, 0.25) is 15.1 Å². The van der Waals surface area contributed by atoms with Crippen molar-refractivity contribution in [2.45, 2.75) is 62.0 Å². The first-order valence-electron chi connectivity index (χ1n) is 16.0. The summed E-state index contributed by atoms with van der Waals surface area (Å²) in [5, 5.41) is 4.13. The Hall–Kier alpha value is -3.76. The zero-order valence-corrected chi connectivity index (χ0v) is 30.1. The third-order valence-corrected chi connectivity index (χ3v) is 11.3. The van der Waals surface area contributed by atoms with Crippen LogP contribution in [0.5, 0.6) is 5.75 Å². The van der Waals surface area contributed by atoms with Gasteiger partial charge >= 0.3 is 0 Å². The smallest absolute Gasteiger partial charge is 0.264 e. The molecule has 0 saturated heterocycles. The number of nitrogens with zero attached hydrogens (tertiary/aromatic N) is 2. The first-order chi connectivity index (χ1) is 23.5. The van der Waals surface area contributed by atoms with E-state index < -0.39 is 28.5 Å². The molecule has 1 saturated carbocycles. The number of nitrogens with one attached hydrogen (secondary N) is 1. The van der Waals surface area contributed by atoms with Crippen LogP contribution in [0, 0.1) is 0 Å². The summed E-state index contributed by atoms with van der Waals surface area (Å²) < 4.78 is 34.8. The normalized spacial score (nSPS) is 14.1. The maximum Gasteiger partial charge on any atom is 0.264 e. The lowest BCUT2D eigenvalue weighted by Gasteiger charge is -2.35. The summed E-state index contributed by atoms with van der Waals surface area (Å²) in [4.78, 5) is 30.3. The number of carbonyl (C=O) groups is 2. The fraction of sp³-hybridized carbons (Fsp3) is 0.297. The Labute approximate surface area is 303 Å². The van der Waals surface area contributed by atoms with Crippen LogP contribution < -0.4 is 14.4 Å². The molecule has 1 aliphatic carbocycles. The SMILES string of the molecule is COc1ccc(S(=O)(=O)N(CC(=O)N(Cc2ccc(Cl)c(Cl)c2)[C@H](Cc2ccccc2)C(=O)NC2CCCCC2)c2cccc(Cl)c2)cc1. The van der Waals surface area contributed by atoms with Crippen LogP contribution in [0.15, 0.2) is 102 Å². The summed E-state index contributed by atoms with van der Waals surface area (Å²) in [6, 6.07) is 25.6. The number of halogens is 3. The third-order valence-electron chi connectivity index (χ3n) is 8.58. The lowest BCUT2D eigenvalue weighted by atomic mass is 9.94. The minimum absolute atomic E-state index is 0.0140. The fourth-order valence-electron chi connectivity index (χ4n) is 5.97. The molecule has 1 N–H and O–H groups in total. The predicted molar refractivity (Wildman–Crippen MR) is 195 cm³/mol. The summed E-state index contributed by atoms with van der Waals surface area (Å²) in [6.07, 6.45) is 5.05. The number of anilines is 1. The topological polar surface area (TPSA) is 96.0 Å². The van der Waals surface area contributed by atoms with Gasteiger partial charge in [0.05, 0.1) is 27.7 Å². The maximum absolute atomic E-state index is 14.7. The monoisotopic (exact) mass is 741 g/mol. The quantitative estimate of drug-likeness (QED) is 0.150. The second-order valence-corrected chi connectivity index (χ2v) is 15.1. The molecule has 12 heteroatoms. The molecule has 0 aliphatic heterocycles. The summed E-state index contributed by atoms with van der Waals surface area (Å²) >= 11 is 18.9. The van der Waals surface area contributed by atoms with Crippen molar-refractivity contribution in [3.63, 3.8) is 0 Å². The molecule has 0 radical (unpaired) electrons. The van der Waals surface area contributed by atoms with Gasteiger partial charge in [0.1, 0.15) is 18.3 Å². The van der Waals surface area contributed by atoms with Crippen LogP contribution in [-0.2, 0) is 32.6 Å². The summed E-state index contributed by atoms with van der Waals surface area (Å²) in [5.74, 6) is -0.427. The highest BCUT2D eigenvalue weighted by molar-refractivity contribution is 7.92. The second kappa shape index (κ2) is 16.8. The van der Waals surface area contributed by atoms with Crippen LogP contribution >= 0.6 is 34.8 Å². The molecular weight excluding hydrogens is 705 g/mol. The van der Waals surface area contributed by atoms with Gasteiger partial charge in [-0.15, -0.1) is 0 Å². The van der Waals surface area contributed by atoms with Crippen molar-refractivity contribution in [1.29, 1.82) is 0 Å². The van der Waals surface area contributed by atoms with Gasteiger partial charge in [0.25, 0.3) is 10.0 Å². The van der Waals surface area contributed by atoms with Gasteiger partial charge in [-0.05, 0) is 78.6 Å². The standard InChI is InChI=1S/C37H38Cl3N3O5S/c1-48-31-16-18-32(19-17-31)49(46,47)43(30-14-8-11-28(38)23-30)25-36(44)42(24-27-15-20-33(39)34(40)21-27)35(22-26-9-4-2-5-10-26)37(45)41-29-12-6-3-7-13-29/h2,4-5,8-11,14-21,23,29,35H,3,6-7,12-13,22,24-25H2,1H3,(H,41,45)/t35-/m1/s1. The fourth-order valence-corrected chi connectivity index (χ4v) is 7.88. The minimum atomic E-state index is -4.30. The second-order valence-electron chi connectivity index (χ2n) is 12.0. The summed E-state index contributed by atoms with van der Waals surface area (Å²) in [7, 11) is -2.82. The van der Waals surface area contributed by atoms with E-state index >= 15 is 0 Å². The molecule has 0 bridgehead atoms. The molecule has 4 aromatic rings. The molecule has 0 heterocycles. The highest BCUT2D eigenvalue weighted by Crippen LogP contribution is 2.29. The van der Waals surface area contributed by atoms with E-state index in [1.807, 2.05) is 30.3 Å². The molecule has 49 heavy (non-hydrogen) atoms. The van der Waals surface area contributed by atoms with Gasteiger partial charge in [-0.1, -0.05) is 96.5 Å². The van der Waals surface area contributed by atoms with Gasteiger partial charge in [0, 0.05) is 24.0 Å². The van der Waals surface area contributed by atoms with Crippen LogP contribution in [0.25, 0.3) is 0 Å². The van der Waals surface area contributed by atoms with Gasteiger partial charge in [-0.25, -0.2) is 8.42 Å². The Kier molecular flexibility index (Phi) is 12.5. The van der Waals surface area contributed by atoms with E-state index in [9.17, 15) is 18.0 Å². The average molecular weight is 743 g/mol. The number of carbonyl (C=O) groups excluding carboxylic acids is 2. The van der Waals surface area contributed by atoms with Crippen molar-refractivity contribution in [3.05, 3.63) is 123 Å². The first-order valence-corrected chi connectivity index (χ1v) is 18.6. The largest absolute Gasteiger partial charge is 0.497 e. The lowest BCUT2D eigenvalue weighted by molar-refractivity contribution is -0.140. The molecule has 0 aromatic heterocycles. The average Bonchev–Trinajstić information content (AvgIpc) is 3.11. The number of amides is 2. The van der Waals surface area contributed by atoms with Crippen LogP contribution in [0.3, 0.4) is 0 Å². The van der Waals surface area contributed by atoms with Crippen LogP contribution in [0.4, 0.5) is 5.69 Å². The summed E-state index contributed by atoms with van der Waals surface area (Å²) in [6.45, 7) is -0.644. The molecule has 4 aromatic carbocycles.